The standard InChI is InChI=1S/C44H50F2N10O6S4/c1-21(47-3)35(57)49-27-7-5-9-31-55(43(27)61)29(19-63-31)37(59)53-39-33(23-11-15-25(45)16-12-23)51-41(65-39)42-52-34(24-13-17-26(46)18-14-24)40(66-42)54-38(60)30-20-64-32-10-6-8-28(44(62)56(30)32)50-36(58)22(2)48-4/h11-18,21-22,27-32,47-48H,5-10,19-20H2,1-4H3,(H,49,57)(H,50,58)(H,53,59)(H,54,60)/t21-,22-,27-,28-,29-,30?,31+,32+/m0/s1. The van der Waals surface area contributed by atoms with E-state index in [-0.39, 0.29) is 34.4 Å². The van der Waals surface area contributed by atoms with Crippen molar-refractivity contribution in [1.82, 2.24) is 41.0 Å². The first-order chi connectivity index (χ1) is 31.7. The minimum Gasteiger partial charge on any atom is -0.343 e. The Labute approximate surface area is 396 Å². The fourth-order valence-electron chi connectivity index (χ4n) is 8.28. The monoisotopic (exact) mass is 980 g/mol. The lowest BCUT2D eigenvalue weighted by Gasteiger charge is -2.30. The van der Waals surface area contributed by atoms with Crippen molar-refractivity contribution in [3.8, 4) is 32.5 Å². The highest BCUT2D eigenvalue weighted by atomic mass is 32.2. The van der Waals surface area contributed by atoms with E-state index < -0.39 is 59.7 Å². The number of fused-ring (bicyclic) bond motifs is 2. The van der Waals surface area contributed by atoms with E-state index in [1.165, 1.54) is 72.1 Å². The van der Waals surface area contributed by atoms with Crippen LogP contribution in [0, 0.1) is 11.6 Å². The molecule has 1 unspecified atom stereocenters. The molecule has 16 nitrogen and oxygen atoms in total. The summed E-state index contributed by atoms with van der Waals surface area (Å²) in [5.41, 5.74) is 1.63. The molecule has 8 rings (SSSR count). The van der Waals surface area contributed by atoms with Crippen LogP contribution in [0.25, 0.3) is 32.5 Å². The van der Waals surface area contributed by atoms with Gasteiger partial charge in [-0.05, 0) is 115 Å². The van der Waals surface area contributed by atoms with Crippen LogP contribution in [0.2, 0.25) is 0 Å². The summed E-state index contributed by atoms with van der Waals surface area (Å²) in [6.45, 7) is 3.40. The van der Waals surface area contributed by atoms with Crippen molar-refractivity contribution in [2.75, 3.05) is 36.2 Å². The molecule has 4 aliphatic rings. The number of hydrogen-bond acceptors (Lipinski definition) is 14. The Bertz CT molecular complexity index is 2320. The molecule has 4 aliphatic heterocycles. The number of rotatable bonds is 13. The predicted molar refractivity (Wildman–Crippen MR) is 254 cm³/mol. The average molecular weight is 981 g/mol. The highest BCUT2D eigenvalue weighted by Gasteiger charge is 2.47. The molecule has 0 spiro atoms. The van der Waals surface area contributed by atoms with Crippen LogP contribution in [0.15, 0.2) is 48.5 Å². The van der Waals surface area contributed by atoms with Crippen molar-refractivity contribution in [1.29, 1.82) is 0 Å². The van der Waals surface area contributed by atoms with Crippen molar-refractivity contribution >= 4 is 91.6 Å². The molecule has 6 N–H and O–H groups in total. The van der Waals surface area contributed by atoms with Crippen LogP contribution in [-0.2, 0) is 28.8 Å². The maximum atomic E-state index is 14.3. The summed E-state index contributed by atoms with van der Waals surface area (Å²) in [6, 6.07) is 6.92. The number of thioether (sulfide) groups is 2. The topological polar surface area (TPSA) is 207 Å². The maximum absolute atomic E-state index is 14.3. The molecular formula is C44H50F2N10O6S4. The van der Waals surface area contributed by atoms with Gasteiger partial charge in [-0.2, -0.15) is 0 Å². The van der Waals surface area contributed by atoms with Crippen molar-refractivity contribution < 1.29 is 37.5 Å². The quantitative estimate of drug-likeness (QED) is 0.106. The number of carbonyl (C=O) groups excluding carboxylic acids is 6. The Balaban J connectivity index is 1.09. The van der Waals surface area contributed by atoms with Gasteiger partial charge in [-0.25, -0.2) is 18.7 Å². The molecule has 2 aromatic heterocycles. The van der Waals surface area contributed by atoms with Crippen molar-refractivity contribution in [3.05, 3.63) is 60.2 Å². The third-order valence-corrected chi connectivity index (χ3v) is 17.0. The first kappa shape index (κ1) is 47.5. The second-order valence-corrected chi connectivity index (χ2v) is 20.9. The zero-order chi connectivity index (χ0) is 46.8. The first-order valence-corrected chi connectivity index (χ1v) is 25.5. The number of carbonyl (C=O) groups is 6. The van der Waals surface area contributed by atoms with E-state index in [4.69, 9.17) is 9.97 Å². The number of likely N-dealkylation sites (N-methyl/N-ethyl adjacent to an activating group) is 2. The highest BCUT2D eigenvalue weighted by Crippen LogP contribution is 2.45. The van der Waals surface area contributed by atoms with Crippen molar-refractivity contribution in [2.24, 2.45) is 0 Å². The number of thiazole rings is 2. The SMILES string of the molecule is CN[C@@H](C)C(=O)N[C@H]1CCC[C@H]2SCC(C(=O)Nc3sc(-c4nc(-c5ccc(F)cc5)c(NC(=O)[C@@H]5CS[C@@H]6CCC[C@H](NC(=O)[C@H](C)NC)C(=O)N65)s4)nc3-c3ccc(F)cc3)N2C1=O. The minimum absolute atomic E-state index is 0.250. The van der Waals surface area contributed by atoms with Gasteiger partial charge in [0.25, 0.3) is 0 Å². The van der Waals surface area contributed by atoms with E-state index in [0.29, 0.717) is 92.6 Å². The Morgan fingerprint density at radius 2 is 1.00 bits per heavy atom. The van der Waals surface area contributed by atoms with E-state index in [1.807, 2.05) is 0 Å². The molecule has 4 aromatic rings. The Morgan fingerprint density at radius 1 is 0.621 bits per heavy atom. The fourth-order valence-corrected chi connectivity index (χ4v) is 13.2. The van der Waals surface area contributed by atoms with Crippen LogP contribution in [0.5, 0.6) is 0 Å². The highest BCUT2D eigenvalue weighted by molar-refractivity contribution is 8.00. The lowest BCUT2D eigenvalue weighted by Crippen LogP contribution is -2.55. The number of nitrogens with one attached hydrogen (secondary N) is 6. The van der Waals surface area contributed by atoms with Gasteiger partial charge >= 0.3 is 0 Å². The van der Waals surface area contributed by atoms with Crippen LogP contribution in [0.4, 0.5) is 18.8 Å². The zero-order valence-electron chi connectivity index (χ0n) is 36.5. The van der Waals surface area contributed by atoms with E-state index in [9.17, 15) is 37.5 Å². The summed E-state index contributed by atoms with van der Waals surface area (Å²) in [7, 11) is 3.32. The third-order valence-electron chi connectivity index (χ3n) is 12.2. The Morgan fingerprint density at radius 3 is 1.36 bits per heavy atom. The third kappa shape index (κ3) is 9.98. The molecule has 6 amide bonds. The molecule has 66 heavy (non-hydrogen) atoms. The Kier molecular flexibility index (Phi) is 14.7. The van der Waals surface area contributed by atoms with Gasteiger partial charge in [0, 0.05) is 22.6 Å². The number of benzene rings is 2. The lowest BCUT2D eigenvalue weighted by molar-refractivity contribution is -0.141. The lowest BCUT2D eigenvalue weighted by atomic mass is 10.1. The van der Waals surface area contributed by atoms with Crippen LogP contribution in [0.1, 0.15) is 52.4 Å². The van der Waals surface area contributed by atoms with Crippen LogP contribution >= 0.6 is 46.2 Å². The maximum Gasteiger partial charge on any atom is 0.248 e. The predicted octanol–water partition coefficient (Wildman–Crippen LogP) is 4.85. The van der Waals surface area contributed by atoms with Crippen molar-refractivity contribution in [2.45, 2.75) is 99.4 Å². The summed E-state index contributed by atoms with van der Waals surface area (Å²) in [5, 5.41) is 18.3. The number of nitrogens with zero attached hydrogens (tertiary/aromatic N) is 4. The van der Waals surface area contributed by atoms with Gasteiger partial charge in [0.2, 0.25) is 35.4 Å². The van der Waals surface area contributed by atoms with Gasteiger partial charge in [0.1, 0.15) is 57.2 Å². The van der Waals surface area contributed by atoms with Gasteiger partial charge in [0.05, 0.1) is 22.8 Å². The second kappa shape index (κ2) is 20.5. The normalized spacial score (nSPS) is 23.8. The first-order valence-electron chi connectivity index (χ1n) is 21.7. The zero-order valence-corrected chi connectivity index (χ0v) is 39.8. The van der Waals surface area contributed by atoms with E-state index >= 15 is 0 Å². The van der Waals surface area contributed by atoms with Crippen LogP contribution in [-0.4, -0.2) is 128 Å². The fraction of sp³-hybridized carbons (Fsp3) is 0.455. The minimum atomic E-state index is -0.863. The smallest absolute Gasteiger partial charge is 0.248 e. The number of anilines is 2. The summed E-state index contributed by atoms with van der Waals surface area (Å²) in [5.74, 6) is -2.48. The number of hydrogen-bond donors (Lipinski definition) is 6. The molecule has 2 aromatic carbocycles. The average Bonchev–Trinajstić information content (AvgIpc) is 4.10. The van der Waals surface area contributed by atoms with E-state index in [1.54, 1.807) is 37.7 Å². The summed E-state index contributed by atoms with van der Waals surface area (Å²) >= 11 is 5.24. The van der Waals surface area contributed by atoms with Gasteiger partial charge in [0.15, 0.2) is 10.0 Å². The summed E-state index contributed by atoms with van der Waals surface area (Å²) in [4.78, 5) is 95.3. The largest absolute Gasteiger partial charge is 0.343 e. The second-order valence-electron chi connectivity index (χ2n) is 16.5. The molecular weight excluding hydrogens is 931 g/mol. The number of amides is 6. The molecule has 0 radical (unpaired) electrons. The van der Waals surface area contributed by atoms with Gasteiger partial charge < -0.3 is 41.7 Å². The molecule has 0 bridgehead atoms. The van der Waals surface area contributed by atoms with Crippen LogP contribution < -0.4 is 31.9 Å². The van der Waals surface area contributed by atoms with Gasteiger partial charge in [-0.15, -0.1) is 23.5 Å². The van der Waals surface area contributed by atoms with Crippen molar-refractivity contribution in [3.63, 3.8) is 0 Å². The molecule has 350 valence electrons. The Hall–Kier alpha value is -5.00. The molecule has 8 atom stereocenters. The van der Waals surface area contributed by atoms with E-state index in [2.05, 4.69) is 31.9 Å². The molecule has 0 saturated carbocycles. The summed E-state index contributed by atoms with van der Waals surface area (Å²) < 4.78 is 28.4. The van der Waals surface area contributed by atoms with Crippen LogP contribution in [0.3, 0.4) is 0 Å². The summed E-state index contributed by atoms with van der Waals surface area (Å²) in [6.07, 6.45) is 3.57. The van der Waals surface area contributed by atoms with E-state index in [0.717, 1.165) is 22.7 Å². The number of aromatic nitrogens is 2. The van der Waals surface area contributed by atoms with Gasteiger partial charge in [-0.3, -0.25) is 28.8 Å². The molecule has 22 heteroatoms. The molecule has 0 aliphatic carbocycles. The van der Waals surface area contributed by atoms with Gasteiger partial charge in [-0.1, -0.05) is 22.7 Å². The number of halogens is 2. The molecule has 6 heterocycles. The molecule has 4 saturated heterocycles. The molecule has 4 fully saturated rings.